The van der Waals surface area contributed by atoms with Crippen LogP contribution in [0.1, 0.15) is 18.3 Å². The van der Waals surface area contributed by atoms with Crippen LogP contribution in [0.15, 0.2) is 24.3 Å². The summed E-state index contributed by atoms with van der Waals surface area (Å²) in [7, 11) is 0. The molecule has 100 valence electrons. The molecule has 0 bridgehead atoms. The third kappa shape index (κ3) is 3.58. The smallest absolute Gasteiger partial charge is 0.136 e. The third-order valence-electron chi connectivity index (χ3n) is 2.64. The predicted octanol–water partition coefficient (Wildman–Crippen LogP) is 3.92. The van der Waals surface area contributed by atoms with Crippen molar-refractivity contribution in [3.63, 3.8) is 0 Å². The van der Waals surface area contributed by atoms with Gasteiger partial charge in [0.05, 0.1) is 0 Å². The maximum atomic E-state index is 6.11. The lowest BCUT2D eigenvalue weighted by atomic mass is 10.2. The number of nitrogens with one attached hydrogen (secondary N) is 2. The van der Waals surface area contributed by atoms with Crippen LogP contribution in [0.3, 0.4) is 0 Å². The van der Waals surface area contributed by atoms with Gasteiger partial charge in [-0.2, -0.15) is 0 Å². The highest BCUT2D eigenvalue weighted by Crippen LogP contribution is 2.23. The molecule has 0 saturated carbocycles. The Bertz CT molecular complexity index is 584. The Morgan fingerprint density at radius 3 is 2.53 bits per heavy atom. The van der Waals surface area contributed by atoms with Crippen LogP contribution in [0.25, 0.3) is 0 Å². The molecule has 0 saturated heterocycles. The highest BCUT2D eigenvalue weighted by Gasteiger charge is 2.03. The minimum absolute atomic E-state index is 0.721. The number of nitrogens with zero attached hydrogens (tertiary/aromatic N) is 2. The first-order valence-electron chi connectivity index (χ1n) is 6.21. The fraction of sp³-hybridized carbons (Fsp3) is 0.286. The normalized spacial score (nSPS) is 10.3. The standard InChI is InChI=1S/C14H17ClN4/c1-4-16-13-8-14(18-10(3)17-13)19-11-6-5-9(2)12(15)7-11/h5-8H,4H2,1-3H3,(H2,16,17,18,19). The number of hydrogen-bond donors (Lipinski definition) is 2. The number of aryl methyl sites for hydroxylation is 2. The van der Waals surface area contributed by atoms with E-state index in [4.69, 9.17) is 11.6 Å². The molecule has 0 radical (unpaired) electrons. The van der Waals surface area contributed by atoms with Gasteiger partial charge >= 0.3 is 0 Å². The van der Waals surface area contributed by atoms with Crippen molar-refractivity contribution in [3.05, 3.63) is 40.7 Å². The lowest BCUT2D eigenvalue weighted by Gasteiger charge is -2.10. The highest BCUT2D eigenvalue weighted by atomic mass is 35.5. The van der Waals surface area contributed by atoms with Gasteiger partial charge in [-0.25, -0.2) is 9.97 Å². The fourth-order valence-electron chi connectivity index (χ4n) is 1.72. The van der Waals surface area contributed by atoms with Gasteiger partial charge in [-0.15, -0.1) is 0 Å². The zero-order valence-corrected chi connectivity index (χ0v) is 12.0. The first-order valence-corrected chi connectivity index (χ1v) is 6.59. The quantitative estimate of drug-likeness (QED) is 0.889. The lowest BCUT2D eigenvalue weighted by Crippen LogP contribution is -2.04. The minimum Gasteiger partial charge on any atom is -0.370 e. The van der Waals surface area contributed by atoms with Gasteiger partial charge < -0.3 is 10.6 Å². The van der Waals surface area contributed by atoms with Gasteiger partial charge in [0.15, 0.2) is 0 Å². The molecule has 0 spiro atoms. The number of halogens is 1. The van der Waals surface area contributed by atoms with Crippen molar-refractivity contribution in [2.45, 2.75) is 20.8 Å². The molecule has 0 aliphatic heterocycles. The second-order valence-electron chi connectivity index (χ2n) is 4.30. The number of aromatic nitrogens is 2. The molecule has 4 nitrogen and oxygen atoms in total. The van der Waals surface area contributed by atoms with Gasteiger partial charge in [0, 0.05) is 23.3 Å². The zero-order chi connectivity index (χ0) is 13.8. The van der Waals surface area contributed by atoms with Gasteiger partial charge in [0.25, 0.3) is 0 Å². The van der Waals surface area contributed by atoms with E-state index in [-0.39, 0.29) is 0 Å². The fourth-order valence-corrected chi connectivity index (χ4v) is 1.90. The Hall–Kier alpha value is -1.81. The molecule has 2 rings (SSSR count). The monoisotopic (exact) mass is 276 g/mol. The van der Waals surface area contributed by atoms with E-state index in [1.54, 1.807) is 0 Å². The van der Waals surface area contributed by atoms with Crippen LogP contribution in [0.4, 0.5) is 17.3 Å². The molecular weight excluding hydrogens is 260 g/mol. The Labute approximate surface area is 118 Å². The van der Waals surface area contributed by atoms with Gasteiger partial charge in [-0.1, -0.05) is 17.7 Å². The van der Waals surface area contributed by atoms with Crippen molar-refractivity contribution >= 4 is 28.9 Å². The zero-order valence-electron chi connectivity index (χ0n) is 11.3. The molecule has 0 aliphatic carbocycles. The summed E-state index contributed by atoms with van der Waals surface area (Å²) in [4.78, 5) is 8.67. The third-order valence-corrected chi connectivity index (χ3v) is 3.05. The van der Waals surface area contributed by atoms with Crippen molar-refractivity contribution < 1.29 is 0 Å². The van der Waals surface area contributed by atoms with Crippen LogP contribution in [0, 0.1) is 13.8 Å². The summed E-state index contributed by atoms with van der Waals surface area (Å²) < 4.78 is 0. The first-order chi connectivity index (χ1) is 9.08. The summed E-state index contributed by atoms with van der Waals surface area (Å²) in [5, 5.41) is 7.15. The van der Waals surface area contributed by atoms with Crippen molar-refractivity contribution in [2.24, 2.45) is 0 Å². The minimum atomic E-state index is 0.721. The van der Waals surface area contributed by atoms with Crippen molar-refractivity contribution in [1.29, 1.82) is 0 Å². The van der Waals surface area contributed by atoms with E-state index in [1.807, 2.05) is 45.0 Å². The second kappa shape index (κ2) is 5.89. The summed E-state index contributed by atoms with van der Waals surface area (Å²) in [6, 6.07) is 7.72. The van der Waals surface area contributed by atoms with Crippen molar-refractivity contribution in [3.8, 4) is 0 Å². The van der Waals surface area contributed by atoms with Crippen LogP contribution in [-0.4, -0.2) is 16.5 Å². The second-order valence-corrected chi connectivity index (χ2v) is 4.71. The van der Waals surface area contributed by atoms with Gasteiger partial charge in [0.2, 0.25) is 0 Å². The molecule has 19 heavy (non-hydrogen) atoms. The Balaban J connectivity index is 2.24. The van der Waals surface area contributed by atoms with Gasteiger partial charge in [0.1, 0.15) is 17.5 Å². The maximum Gasteiger partial charge on any atom is 0.136 e. The Morgan fingerprint density at radius 2 is 1.84 bits per heavy atom. The molecular formula is C14H17ClN4. The average molecular weight is 277 g/mol. The summed E-state index contributed by atoms with van der Waals surface area (Å²) in [6.07, 6.45) is 0. The molecule has 2 aromatic rings. The molecule has 0 fully saturated rings. The molecule has 0 atom stereocenters. The molecule has 1 aromatic carbocycles. The summed E-state index contributed by atoms with van der Waals surface area (Å²) in [5.74, 6) is 2.29. The number of hydrogen-bond acceptors (Lipinski definition) is 4. The number of benzene rings is 1. The van der Waals surface area contributed by atoms with Crippen molar-refractivity contribution in [2.75, 3.05) is 17.2 Å². The average Bonchev–Trinajstić information content (AvgIpc) is 2.33. The van der Waals surface area contributed by atoms with E-state index in [0.717, 1.165) is 40.3 Å². The maximum absolute atomic E-state index is 6.11. The molecule has 0 aliphatic rings. The predicted molar refractivity (Wildman–Crippen MR) is 80.4 cm³/mol. The number of anilines is 3. The van der Waals surface area contributed by atoms with Crippen LogP contribution in [-0.2, 0) is 0 Å². The highest BCUT2D eigenvalue weighted by molar-refractivity contribution is 6.31. The summed E-state index contributed by atoms with van der Waals surface area (Å²) in [5.41, 5.74) is 1.97. The van der Waals surface area contributed by atoms with Crippen LogP contribution in [0.5, 0.6) is 0 Å². The summed E-state index contributed by atoms with van der Waals surface area (Å²) in [6.45, 7) is 6.70. The lowest BCUT2D eigenvalue weighted by molar-refractivity contribution is 1.04. The van der Waals surface area contributed by atoms with E-state index in [9.17, 15) is 0 Å². The van der Waals surface area contributed by atoms with Gasteiger partial charge in [-0.3, -0.25) is 0 Å². The largest absolute Gasteiger partial charge is 0.370 e. The van der Waals surface area contributed by atoms with Crippen LogP contribution in [0.2, 0.25) is 5.02 Å². The molecule has 1 heterocycles. The van der Waals surface area contributed by atoms with E-state index in [1.165, 1.54) is 0 Å². The molecule has 1 aromatic heterocycles. The molecule has 0 amide bonds. The summed E-state index contributed by atoms with van der Waals surface area (Å²) >= 11 is 6.11. The van der Waals surface area contributed by atoms with Crippen LogP contribution < -0.4 is 10.6 Å². The van der Waals surface area contributed by atoms with E-state index in [2.05, 4.69) is 20.6 Å². The van der Waals surface area contributed by atoms with E-state index in [0.29, 0.717) is 0 Å². The molecule has 2 N–H and O–H groups in total. The number of rotatable bonds is 4. The van der Waals surface area contributed by atoms with Gasteiger partial charge in [-0.05, 0) is 38.5 Å². The molecule has 5 heteroatoms. The van der Waals surface area contributed by atoms with Crippen molar-refractivity contribution in [1.82, 2.24) is 9.97 Å². The van der Waals surface area contributed by atoms with E-state index >= 15 is 0 Å². The first kappa shape index (κ1) is 13.6. The Kier molecular flexibility index (Phi) is 4.22. The molecule has 0 unspecified atom stereocenters. The van der Waals surface area contributed by atoms with E-state index < -0.39 is 0 Å². The SMILES string of the molecule is CCNc1cc(Nc2ccc(C)c(Cl)c2)nc(C)n1. The van der Waals surface area contributed by atoms with Crippen LogP contribution >= 0.6 is 11.6 Å². The topological polar surface area (TPSA) is 49.8 Å². The Morgan fingerprint density at radius 1 is 1.11 bits per heavy atom.